The molecule has 0 radical (unpaired) electrons. The Kier molecular flexibility index (Phi) is 4.56. The van der Waals surface area contributed by atoms with E-state index in [0.29, 0.717) is 27.1 Å². The molecule has 1 N–H and O–H groups in total. The number of halogens is 3. The molecule has 3 aromatic rings. The smallest absolute Gasteiger partial charge is 0.166 e. The van der Waals surface area contributed by atoms with E-state index in [1.807, 2.05) is 24.3 Å². The van der Waals surface area contributed by atoms with Crippen LogP contribution in [0.15, 0.2) is 41.0 Å². The predicted octanol–water partition coefficient (Wildman–Crippen LogP) is 5.41. The minimum Gasteiger partial charge on any atom is -0.494 e. The second-order valence-corrected chi connectivity index (χ2v) is 6.03. The number of para-hydroxylation sites is 1. The van der Waals surface area contributed by atoms with Crippen molar-refractivity contribution in [2.24, 2.45) is 0 Å². The first-order chi connectivity index (χ1) is 11.5. The first-order valence-electron chi connectivity index (χ1n) is 6.83. The van der Waals surface area contributed by atoms with Crippen molar-refractivity contribution < 1.29 is 9.13 Å². The fourth-order valence-electron chi connectivity index (χ4n) is 2.33. The van der Waals surface area contributed by atoms with E-state index in [1.54, 1.807) is 0 Å². The zero-order chi connectivity index (χ0) is 17.3. The van der Waals surface area contributed by atoms with E-state index >= 15 is 0 Å². The van der Waals surface area contributed by atoms with Gasteiger partial charge in [-0.05, 0) is 28.1 Å². The maximum Gasteiger partial charge on any atom is 0.166 e. The van der Waals surface area contributed by atoms with Crippen LogP contribution in [0.5, 0.6) is 5.75 Å². The first kappa shape index (κ1) is 16.5. The highest BCUT2D eigenvalue weighted by molar-refractivity contribution is 9.10. The topological polar surface area (TPSA) is 57.9 Å². The van der Waals surface area contributed by atoms with Crippen LogP contribution in [0.2, 0.25) is 5.02 Å². The molecule has 0 amide bonds. The van der Waals surface area contributed by atoms with Gasteiger partial charge in [0.05, 0.1) is 29.0 Å². The van der Waals surface area contributed by atoms with Gasteiger partial charge in [-0.1, -0.05) is 29.8 Å². The summed E-state index contributed by atoms with van der Waals surface area (Å²) >= 11 is 9.44. The zero-order valence-electron chi connectivity index (χ0n) is 12.4. The molecule has 7 heteroatoms. The molecule has 24 heavy (non-hydrogen) atoms. The molecule has 0 saturated heterocycles. The number of aromatic nitrogens is 1. The van der Waals surface area contributed by atoms with Crippen molar-refractivity contribution in [3.63, 3.8) is 0 Å². The molecule has 4 nitrogen and oxygen atoms in total. The Bertz CT molecular complexity index is 988. The summed E-state index contributed by atoms with van der Waals surface area (Å²) in [5, 5.41) is 13.5. The Morgan fingerprint density at radius 2 is 2.08 bits per heavy atom. The van der Waals surface area contributed by atoms with Gasteiger partial charge in [-0.3, -0.25) is 0 Å². The fraction of sp³-hybridized carbons (Fsp3) is 0.0588. The summed E-state index contributed by atoms with van der Waals surface area (Å²) in [6.45, 7) is 0. The minimum atomic E-state index is -0.561. The number of benzene rings is 2. The number of nitriles is 1. The van der Waals surface area contributed by atoms with E-state index in [0.717, 1.165) is 11.5 Å². The quantitative estimate of drug-likeness (QED) is 0.591. The van der Waals surface area contributed by atoms with Crippen molar-refractivity contribution in [1.82, 2.24) is 4.98 Å². The monoisotopic (exact) mass is 405 g/mol. The lowest BCUT2D eigenvalue weighted by Gasteiger charge is -2.15. The number of fused-ring (bicyclic) bond motifs is 1. The molecule has 0 atom stereocenters. The second kappa shape index (κ2) is 6.63. The van der Waals surface area contributed by atoms with Gasteiger partial charge in [-0.25, -0.2) is 9.37 Å². The Labute approximate surface area is 151 Å². The minimum absolute atomic E-state index is 0.0536. The summed E-state index contributed by atoms with van der Waals surface area (Å²) in [6.07, 6.45) is 0. The summed E-state index contributed by atoms with van der Waals surface area (Å²) in [5.41, 5.74) is 1.99. The number of anilines is 2. The fourth-order valence-corrected chi connectivity index (χ4v) is 3.01. The van der Waals surface area contributed by atoms with Gasteiger partial charge >= 0.3 is 0 Å². The van der Waals surface area contributed by atoms with Gasteiger partial charge in [0.15, 0.2) is 11.6 Å². The third-order valence-corrected chi connectivity index (χ3v) is 4.35. The lowest BCUT2D eigenvalue weighted by Crippen LogP contribution is -2.00. The van der Waals surface area contributed by atoms with Crippen molar-refractivity contribution in [1.29, 1.82) is 5.26 Å². The van der Waals surface area contributed by atoms with E-state index in [9.17, 15) is 9.65 Å². The average molecular weight is 407 g/mol. The lowest BCUT2D eigenvalue weighted by atomic mass is 10.1. The van der Waals surface area contributed by atoms with Crippen LogP contribution in [-0.2, 0) is 0 Å². The van der Waals surface area contributed by atoms with Crippen LogP contribution < -0.4 is 10.1 Å². The summed E-state index contributed by atoms with van der Waals surface area (Å²) in [5.74, 6) is -0.507. The van der Waals surface area contributed by atoms with Crippen LogP contribution in [0.1, 0.15) is 5.56 Å². The summed E-state index contributed by atoms with van der Waals surface area (Å²) in [4.78, 5) is 4.36. The number of hydrogen-bond donors (Lipinski definition) is 1. The number of ether oxygens (including phenoxy) is 1. The van der Waals surface area contributed by atoms with E-state index < -0.39 is 5.82 Å². The number of pyridine rings is 1. The normalized spacial score (nSPS) is 10.5. The molecule has 0 saturated carbocycles. The van der Waals surface area contributed by atoms with Gasteiger partial charge in [-0.15, -0.1) is 0 Å². The molecular weight excluding hydrogens is 397 g/mol. The van der Waals surface area contributed by atoms with Gasteiger partial charge in [0.1, 0.15) is 16.2 Å². The number of nitrogens with one attached hydrogen (secondary N) is 1. The standard InChI is InChI=1S/C17H10BrClFN3O/c1-24-15-7-14(11(19)6-12(15)20)22-16-9-4-2-3-5-13(9)23-17(18)10(16)8-21/h2-7H,1H3,(H,22,23). The Morgan fingerprint density at radius 3 is 2.79 bits per heavy atom. The van der Waals surface area contributed by atoms with Crippen molar-refractivity contribution in [3.05, 3.63) is 57.4 Å². The van der Waals surface area contributed by atoms with Gasteiger partial charge in [0.2, 0.25) is 0 Å². The number of hydrogen-bond acceptors (Lipinski definition) is 4. The third-order valence-electron chi connectivity index (χ3n) is 3.46. The molecule has 0 spiro atoms. The molecule has 0 unspecified atom stereocenters. The highest BCUT2D eigenvalue weighted by Gasteiger charge is 2.16. The molecule has 0 fully saturated rings. The highest BCUT2D eigenvalue weighted by Crippen LogP contribution is 2.37. The highest BCUT2D eigenvalue weighted by atomic mass is 79.9. The Balaban J connectivity index is 2.22. The van der Waals surface area contributed by atoms with E-state index in [1.165, 1.54) is 13.2 Å². The summed E-state index contributed by atoms with van der Waals surface area (Å²) in [6, 6.07) is 12.1. The van der Waals surface area contributed by atoms with Crippen LogP contribution in [0.3, 0.4) is 0 Å². The zero-order valence-corrected chi connectivity index (χ0v) is 14.7. The molecule has 0 aliphatic rings. The van der Waals surface area contributed by atoms with Gasteiger partial charge in [-0.2, -0.15) is 5.26 Å². The predicted molar refractivity (Wildman–Crippen MR) is 95.4 cm³/mol. The van der Waals surface area contributed by atoms with Gasteiger partial charge < -0.3 is 10.1 Å². The molecule has 2 aromatic carbocycles. The molecule has 1 aromatic heterocycles. The van der Waals surface area contributed by atoms with Gasteiger partial charge in [0, 0.05) is 11.5 Å². The average Bonchev–Trinajstić information content (AvgIpc) is 2.57. The Hall–Kier alpha value is -2.36. The van der Waals surface area contributed by atoms with Gasteiger partial charge in [0.25, 0.3) is 0 Å². The molecule has 1 heterocycles. The van der Waals surface area contributed by atoms with E-state index in [4.69, 9.17) is 16.3 Å². The molecule has 0 bridgehead atoms. The summed E-state index contributed by atoms with van der Waals surface area (Å²) < 4.78 is 19.1. The third kappa shape index (κ3) is 2.88. The number of methoxy groups -OCH3 is 1. The lowest BCUT2D eigenvalue weighted by molar-refractivity contribution is 0.387. The summed E-state index contributed by atoms with van der Waals surface area (Å²) in [7, 11) is 1.37. The largest absolute Gasteiger partial charge is 0.494 e. The van der Waals surface area contributed by atoms with Crippen molar-refractivity contribution in [2.45, 2.75) is 0 Å². The van der Waals surface area contributed by atoms with Crippen LogP contribution in [0.4, 0.5) is 15.8 Å². The van der Waals surface area contributed by atoms with Crippen molar-refractivity contribution in [3.8, 4) is 11.8 Å². The number of rotatable bonds is 3. The van der Waals surface area contributed by atoms with Crippen LogP contribution >= 0.6 is 27.5 Å². The maximum absolute atomic E-state index is 13.7. The van der Waals surface area contributed by atoms with Crippen LogP contribution in [0.25, 0.3) is 10.9 Å². The van der Waals surface area contributed by atoms with Crippen molar-refractivity contribution in [2.75, 3.05) is 12.4 Å². The van der Waals surface area contributed by atoms with Crippen LogP contribution in [0, 0.1) is 17.1 Å². The van der Waals surface area contributed by atoms with Crippen molar-refractivity contribution >= 4 is 49.8 Å². The Morgan fingerprint density at radius 1 is 1.33 bits per heavy atom. The first-order valence-corrected chi connectivity index (χ1v) is 8.00. The maximum atomic E-state index is 13.7. The van der Waals surface area contributed by atoms with E-state index in [-0.39, 0.29) is 10.8 Å². The molecule has 0 aliphatic carbocycles. The molecule has 0 aliphatic heterocycles. The van der Waals surface area contributed by atoms with Crippen LogP contribution in [-0.4, -0.2) is 12.1 Å². The molecule has 120 valence electrons. The molecule has 3 rings (SSSR count). The number of nitrogens with zero attached hydrogens (tertiary/aromatic N) is 2. The SMILES string of the molecule is COc1cc(Nc2c(C#N)c(Br)nc3ccccc23)c(Cl)cc1F. The molecular formula is C17H10BrClFN3O. The van der Waals surface area contributed by atoms with E-state index in [2.05, 4.69) is 32.3 Å². The second-order valence-electron chi connectivity index (χ2n) is 4.87.